The summed E-state index contributed by atoms with van der Waals surface area (Å²) in [5.41, 5.74) is 1.27. The lowest BCUT2D eigenvalue weighted by Gasteiger charge is -2.03. The molecule has 17 heavy (non-hydrogen) atoms. The molecule has 0 bridgehead atoms. The minimum atomic E-state index is -0.243. The summed E-state index contributed by atoms with van der Waals surface area (Å²) < 4.78 is 5.03. The molecule has 0 spiro atoms. The van der Waals surface area contributed by atoms with Gasteiger partial charge in [-0.25, -0.2) is 0 Å². The number of nitrogens with one attached hydrogen (secondary N) is 1. The van der Waals surface area contributed by atoms with Crippen LogP contribution in [-0.4, -0.2) is 5.91 Å². The molecule has 0 fully saturated rings. The molecule has 0 aliphatic heterocycles. The molecule has 0 aromatic carbocycles. The third kappa shape index (κ3) is 2.90. The highest BCUT2D eigenvalue weighted by molar-refractivity contribution is 7.10. The van der Waals surface area contributed by atoms with Gasteiger partial charge in [0.1, 0.15) is 0 Å². The van der Waals surface area contributed by atoms with Crippen molar-refractivity contribution in [3.63, 3.8) is 0 Å². The van der Waals surface area contributed by atoms with Crippen LogP contribution in [-0.2, 0) is 13.0 Å². The van der Waals surface area contributed by atoms with Crippen molar-refractivity contribution < 1.29 is 9.21 Å². The fraction of sp³-hybridized carbons (Fsp3) is 0.250. The van der Waals surface area contributed by atoms with Crippen LogP contribution in [0.2, 0.25) is 5.22 Å². The van der Waals surface area contributed by atoms with Gasteiger partial charge in [0, 0.05) is 4.88 Å². The smallest absolute Gasteiger partial charge is 0.287 e. The molecular weight excluding hydrogens is 258 g/mol. The molecule has 0 saturated carbocycles. The molecule has 0 saturated heterocycles. The number of aryl methyl sites for hydroxylation is 1. The number of hydrogen-bond donors (Lipinski definition) is 1. The zero-order chi connectivity index (χ0) is 12.3. The molecule has 0 atom stereocenters. The molecule has 0 aliphatic carbocycles. The standard InChI is InChI=1S/C12H12ClNO2S/c1-2-8-5-6-17-10(8)7-14-12(15)9-3-4-11(13)16-9/h3-6H,2,7H2,1H3,(H,14,15). The Morgan fingerprint density at radius 1 is 1.47 bits per heavy atom. The van der Waals surface area contributed by atoms with Crippen molar-refractivity contribution in [2.45, 2.75) is 19.9 Å². The van der Waals surface area contributed by atoms with Crippen molar-refractivity contribution >= 4 is 28.8 Å². The van der Waals surface area contributed by atoms with Gasteiger partial charge < -0.3 is 9.73 Å². The first-order valence-corrected chi connectivity index (χ1v) is 6.55. The van der Waals surface area contributed by atoms with Gasteiger partial charge in [-0.15, -0.1) is 11.3 Å². The number of carbonyl (C=O) groups is 1. The maximum atomic E-state index is 11.7. The number of halogens is 1. The third-order valence-corrected chi connectivity index (χ3v) is 3.59. The van der Waals surface area contributed by atoms with Crippen molar-refractivity contribution in [1.82, 2.24) is 5.32 Å². The molecule has 5 heteroatoms. The second-order valence-electron chi connectivity index (χ2n) is 3.51. The molecule has 1 amide bonds. The normalized spacial score (nSPS) is 10.5. The van der Waals surface area contributed by atoms with E-state index in [1.54, 1.807) is 23.5 Å². The number of rotatable bonds is 4. The molecule has 2 aromatic rings. The quantitative estimate of drug-likeness (QED) is 0.923. The van der Waals surface area contributed by atoms with Crippen LogP contribution in [0.3, 0.4) is 0 Å². The summed E-state index contributed by atoms with van der Waals surface area (Å²) in [6.45, 7) is 2.62. The molecule has 2 aromatic heterocycles. The zero-order valence-electron chi connectivity index (χ0n) is 9.33. The lowest BCUT2D eigenvalue weighted by molar-refractivity contribution is 0.0923. The van der Waals surface area contributed by atoms with E-state index in [0.29, 0.717) is 6.54 Å². The summed E-state index contributed by atoms with van der Waals surface area (Å²) in [6, 6.07) is 5.20. The van der Waals surface area contributed by atoms with E-state index in [4.69, 9.17) is 16.0 Å². The summed E-state index contributed by atoms with van der Waals surface area (Å²) in [6.07, 6.45) is 0.973. The van der Waals surface area contributed by atoms with Crippen molar-refractivity contribution in [1.29, 1.82) is 0 Å². The van der Waals surface area contributed by atoms with Gasteiger partial charge in [-0.1, -0.05) is 6.92 Å². The highest BCUT2D eigenvalue weighted by Gasteiger charge is 2.11. The van der Waals surface area contributed by atoms with Crippen LogP contribution >= 0.6 is 22.9 Å². The average Bonchev–Trinajstić information content (AvgIpc) is 2.94. The third-order valence-electron chi connectivity index (χ3n) is 2.43. The van der Waals surface area contributed by atoms with Crippen LogP contribution in [0, 0.1) is 0 Å². The first kappa shape index (κ1) is 12.2. The number of thiophene rings is 1. The predicted molar refractivity (Wildman–Crippen MR) is 68.6 cm³/mol. The second-order valence-corrected chi connectivity index (χ2v) is 4.88. The average molecular weight is 270 g/mol. The Labute approximate surface area is 108 Å². The molecule has 0 unspecified atom stereocenters. The van der Waals surface area contributed by atoms with Gasteiger partial charge in [-0.2, -0.15) is 0 Å². The summed E-state index contributed by atoms with van der Waals surface area (Å²) >= 11 is 7.25. The predicted octanol–water partition coefficient (Wildman–Crippen LogP) is 3.49. The van der Waals surface area contributed by atoms with E-state index >= 15 is 0 Å². The Balaban J connectivity index is 1.97. The first-order chi connectivity index (χ1) is 8.20. The molecule has 1 N–H and O–H groups in total. The van der Waals surface area contributed by atoms with Crippen molar-refractivity contribution in [2.75, 3.05) is 0 Å². The van der Waals surface area contributed by atoms with E-state index in [-0.39, 0.29) is 16.9 Å². The SMILES string of the molecule is CCc1ccsc1CNC(=O)c1ccc(Cl)o1. The summed E-state index contributed by atoms with van der Waals surface area (Å²) in [4.78, 5) is 12.9. The van der Waals surface area contributed by atoms with Gasteiger partial charge in [0.25, 0.3) is 5.91 Å². The Morgan fingerprint density at radius 2 is 2.29 bits per heavy atom. The summed E-state index contributed by atoms with van der Waals surface area (Å²) in [7, 11) is 0. The second kappa shape index (κ2) is 5.38. The minimum absolute atomic E-state index is 0.223. The van der Waals surface area contributed by atoms with E-state index in [9.17, 15) is 4.79 Å². The van der Waals surface area contributed by atoms with Crippen LogP contribution in [0.1, 0.15) is 27.9 Å². The van der Waals surface area contributed by atoms with Gasteiger partial charge in [-0.05, 0) is 47.2 Å². The lowest BCUT2D eigenvalue weighted by Crippen LogP contribution is -2.22. The van der Waals surface area contributed by atoms with E-state index in [1.165, 1.54) is 10.4 Å². The Bertz CT molecular complexity index is 518. The molecule has 2 rings (SSSR count). The zero-order valence-corrected chi connectivity index (χ0v) is 10.9. The van der Waals surface area contributed by atoms with Crippen LogP contribution in [0.5, 0.6) is 0 Å². The summed E-state index contributed by atoms with van der Waals surface area (Å²) in [5.74, 6) is -0.00282. The van der Waals surface area contributed by atoms with Crippen LogP contribution in [0.15, 0.2) is 28.0 Å². The Hall–Kier alpha value is -1.26. The van der Waals surface area contributed by atoms with Gasteiger partial charge in [-0.3, -0.25) is 4.79 Å². The van der Waals surface area contributed by atoms with Gasteiger partial charge in [0.2, 0.25) is 0 Å². The number of hydrogen-bond acceptors (Lipinski definition) is 3. The van der Waals surface area contributed by atoms with Crippen molar-refractivity contribution in [2.24, 2.45) is 0 Å². The van der Waals surface area contributed by atoms with Crippen molar-refractivity contribution in [3.8, 4) is 0 Å². The number of carbonyl (C=O) groups excluding carboxylic acids is 1. The van der Waals surface area contributed by atoms with Crippen molar-refractivity contribution in [3.05, 3.63) is 45.0 Å². The maximum Gasteiger partial charge on any atom is 0.287 e. The van der Waals surface area contributed by atoms with E-state index in [0.717, 1.165) is 6.42 Å². The van der Waals surface area contributed by atoms with Gasteiger partial charge in [0.05, 0.1) is 6.54 Å². The monoisotopic (exact) mass is 269 g/mol. The molecule has 3 nitrogen and oxygen atoms in total. The highest BCUT2D eigenvalue weighted by Crippen LogP contribution is 2.17. The molecule has 2 heterocycles. The number of amides is 1. The van der Waals surface area contributed by atoms with Gasteiger partial charge in [0.15, 0.2) is 11.0 Å². The lowest BCUT2D eigenvalue weighted by atomic mass is 10.2. The fourth-order valence-corrected chi connectivity index (χ4v) is 2.58. The van der Waals surface area contributed by atoms with Crippen LogP contribution in [0.4, 0.5) is 0 Å². The fourth-order valence-electron chi connectivity index (χ4n) is 1.52. The molecule has 0 radical (unpaired) electrons. The van der Waals surface area contributed by atoms with E-state index in [1.807, 2.05) is 5.38 Å². The number of furan rings is 1. The Morgan fingerprint density at radius 3 is 2.94 bits per heavy atom. The summed E-state index contributed by atoms with van der Waals surface area (Å²) in [5, 5.41) is 5.06. The maximum absolute atomic E-state index is 11.7. The highest BCUT2D eigenvalue weighted by atomic mass is 35.5. The van der Waals surface area contributed by atoms with Gasteiger partial charge >= 0.3 is 0 Å². The molecule has 0 aliphatic rings. The van der Waals surface area contributed by atoms with E-state index < -0.39 is 0 Å². The van der Waals surface area contributed by atoms with Crippen LogP contribution in [0.25, 0.3) is 0 Å². The van der Waals surface area contributed by atoms with E-state index in [2.05, 4.69) is 18.3 Å². The Kier molecular flexibility index (Phi) is 3.86. The topological polar surface area (TPSA) is 42.2 Å². The molecule has 90 valence electrons. The first-order valence-electron chi connectivity index (χ1n) is 5.29. The van der Waals surface area contributed by atoms with Crippen LogP contribution < -0.4 is 5.32 Å². The molecular formula is C12H12ClNO2S. The minimum Gasteiger partial charge on any atom is -0.440 e. The largest absolute Gasteiger partial charge is 0.440 e.